The van der Waals surface area contributed by atoms with E-state index in [0.717, 1.165) is 16.9 Å². The third-order valence-electron chi connectivity index (χ3n) is 3.72. The van der Waals surface area contributed by atoms with Crippen LogP contribution in [0, 0.1) is 18.8 Å². The first-order chi connectivity index (χ1) is 9.43. The Morgan fingerprint density at radius 1 is 1.40 bits per heavy atom. The maximum absolute atomic E-state index is 11.9. The summed E-state index contributed by atoms with van der Waals surface area (Å²) in [6.07, 6.45) is 0.440. The molecular formula is C15H19NO4. The van der Waals surface area contributed by atoms with Gasteiger partial charge in [-0.2, -0.15) is 0 Å². The number of aryl methyl sites for hydroxylation is 1. The number of carbonyl (C=O) groups is 2. The number of carboxylic acid groups (broad SMARTS) is 1. The quantitative estimate of drug-likeness (QED) is 0.862. The first-order valence-electron chi connectivity index (χ1n) is 6.61. The second kappa shape index (κ2) is 5.53. The fourth-order valence-electron chi connectivity index (χ4n) is 2.33. The summed E-state index contributed by atoms with van der Waals surface area (Å²) in [5.74, 6) is -1.16. The monoisotopic (exact) mass is 277 g/mol. The molecule has 3 atom stereocenters. The Morgan fingerprint density at radius 3 is 2.60 bits per heavy atom. The lowest BCUT2D eigenvalue weighted by Crippen LogP contribution is -2.29. The van der Waals surface area contributed by atoms with Gasteiger partial charge in [0.05, 0.1) is 25.0 Å². The summed E-state index contributed by atoms with van der Waals surface area (Å²) in [6.45, 7) is 3.83. The summed E-state index contributed by atoms with van der Waals surface area (Å²) in [7, 11) is 1.62. The zero-order valence-electron chi connectivity index (χ0n) is 11.8. The van der Waals surface area contributed by atoms with E-state index in [4.69, 9.17) is 9.84 Å². The molecule has 2 rings (SSSR count). The van der Waals surface area contributed by atoms with E-state index in [2.05, 4.69) is 5.32 Å². The predicted octanol–water partition coefficient (Wildman–Crippen LogP) is 1.90. The van der Waals surface area contributed by atoms with E-state index in [1.54, 1.807) is 7.11 Å². The second-order valence-electron chi connectivity index (χ2n) is 5.25. The van der Waals surface area contributed by atoms with E-state index < -0.39 is 11.9 Å². The molecule has 1 aliphatic rings. The lowest BCUT2D eigenvalue weighted by molar-refractivity contribution is -0.140. The van der Waals surface area contributed by atoms with E-state index >= 15 is 0 Å². The average Bonchev–Trinajstić information content (AvgIpc) is 3.18. The number of methoxy groups -OCH3 is 1. The van der Waals surface area contributed by atoms with Gasteiger partial charge in [0.1, 0.15) is 5.75 Å². The summed E-state index contributed by atoms with van der Waals surface area (Å²) < 4.78 is 5.20. The molecule has 5 nitrogen and oxygen atoms in total. The van der Waals surface area contributed by atoms with Crippen LogP contribution in [0.5, 0.6) is 5.75 Å². The number of benzene rings is 1. The Kier molecular flexibility index (Phi) is 3.97. The molecule has 0 aliphatic heterocycles. The van der Waals surface area contributed by atoms with Crippen LogP contribution in [0.2, 0.25) is 0 Å². The molecule has 0 unspecified atom stereocenters. The highest BCUT2D eigenvalue weighted by molar-refractivity contribution is 5.89. The van der Waals surface area contributed by atoms with Gasteiger partial charge in [-0.05, 0) is 37.5 Å². The molecule has 0 spiro atoms. The van der Waals surface area contributed by atoms with Crippen molar-refractivity contribution in [1.82, 2.24) is 5.32 Å². The van der Waals surface area contributed by atoms with Crippen LogP contribution in [0.25, 0.3) is 0 Å². The lowest BCUT2D eigenvalue weighted by Gasteiger charge is -2.16. The van der Waals surface area contributed by atoms with E-state index in [1.165, 1.54) is 0 Å². The third kappa shape index (κ3) is 2.92. The topological polar surface area (TPSA) is 75.6 Å². The number of carbonyl (C=O) groups excluding carboxylic acids is 1. The van der Waals surface area contributed by atoms with Crippen LogP contribution in [0.1, 0.15) is 30.5 Å². The molecule has 108 valence electrons. The van der Waals surface area contributed by atoms with Gasteiger partial charge in [-0.3, -0.25) is 9.59 Å². The molecule has 0 aromatic heterocycles. The number of hydrogen-bond donors (Lipinski definition) is 2. The summed E-state index contributed by atoms with van der Waals surface area (Å²) in [6, 6.07) is 5.58. The molecule has 1 aromatic rings. The van der Waals surface area contributed by atoms with Gasteiger partial charge in [0.15, 0.2) is 0 Å². The number of ether oxygens (including phenoxy) is 1. The fraction of sp³-hybridized carbons (Fsp3) is 0.467. The van der Waals surface area contributed by atoms with E-state index in [1.807, 2.05) is 32.0 Å². The highest BCUT2D eigenvalue weighted by atomic mass is 16.5. The molecule has 1 amide bonds. The predicted molar refractivity (Wildman–Crippen MR) is 73.5 cm³/mol. The largest absolute Gasteiger partial charge is 0.496 e. The molecular weight excluding hydrogens is 258 g/mol. The summed E-state index contributed by atoms with van der Waals surface area (Å²) in [5, 5.41) is 11.7. The van der Waals surface area contributed by atoms with Gasteiger partial charge in [0, 0.05) is 0 Å². The first kappa shape index (κ1) is 14.4. The number of nitrogens with one attached hydrogen (secondary N) is 1. The molecule has 20 heavy (non-hydrogen) atoms. The Labute approximate surface area is 117 Å². The van der Waals surface area contributed by atoms with Crippen molar-refractivity contribution in [2.75, 3.05) is 7.11 Å². The normalized spacial score (nSPS) is 21.9. The smallest absolute Gasteiger partial charge is 0.307 e. The zero-order valence-corrected chi connectivity index (χ0v) is 11.8. The molecule has 0 saturated heterocycles. The minimum absolute atomic E-state index is 0.151. The minimum atomic E-state index is -0.891. The van der Waals surface area contributed by atoms with Crippen molar-refractivity contribution in [2.24, 2.45) is 11.8 Å². The maximum atomic E-state index is 11.9. The number of amides is 1. The minimum Gasteiger partial charge on any atom is -0.496 e. The number of carboxylic acids is 1. The Hall–Kier alpha value is -2.04. The molecule has 1 saturated carbocycles. The van der Waals surface area contributed by atoms with Crippen molar-refractivity contribution in [3.63, 3.8) is 0 Å². The van der Waals surface area contributed by atoms with Gasteiger partial charge in [0.2, 0.25) is 5.91 Å². The Bertz CT molecular complexity index is 541. The fourth-order valence-corrected chi connectivity index (χ4v) is 2.33. The Morgan fingerprint density at radius 2 is 2.10 bits per heavy atom. The lowest BCUT2D eigenvalue weighted by atomic mass is 10.0. The van der Waals surface area contributed by atoms with Crippen molar-refractivity contribution in [2.45, 2.75) is 26.3 Å². The molecule has 0 bridgehead atoms. The molecule has 1 aliphatic carbocycles. The van der Waals surface area contributed by atoms with E-state index in [0.29, 0.717) is 6.42 Å². The second-order valence-corrected chi connectivity index (χ2v) is 5.25. The molecule has 1 aromatic carbocycles. The molecule has 0 heterocycles. The van der Waals surface area contributed by atoms with Crippen LogP contribution in [0.4, 0.5) is 0 Å². The van der Waals surface area contributed by atoms with Crippen molar-refractivity contribution in [3.05, 3.63) is 29.3 Å². The van der Waals surface area contributed by atoms with E-state index in [9.17, 15) is 9.59 Å². The van der Waals surface area contributed by atoms with Gasteiger partial charge in [-0.15, -0.1) is 0 Å². The molecule has 0 radical (unpaired) electrons. The van der Waals surface area contributed by atoms with Crippen LogP contribution in [-0.4, -0.2) is 24.1 Å². The SMILES string of the molecule is COc1ccc([C@H](C)NC(=O)[C@@H]2C[C@@H]2C(=O)O)cc1C. The highest BCUT2D eigenvalue weighted by Crippen LogP contribution is 2.39. The zero-order chi connectivity index (χ0) is 14.9. The van der Waals surface area contributed by atoms with Gasteiger partial charge < -0.3 is 15.2 Å². The standard InChI is InChI=1S/C15H19NO4/c1-8-6-10(4-5-13(8)20-3)9(2)16-14(17)11-7-12(11)15(18)19/h4-6,9,11-12H,7H2,1-3H3,(H,16,17)(H,18,19)/t9-,11+,12-/m0/s1. The van der Waals surface area contributed by atoms with Crippen molar-refractivity contribution in [1.29, 1.82) is 0 Å². The van der Waals surface area contributed by atoms with Crippen molar-refractivity contribution >= 4 is 11.9 Å². The first-order valence-corrected chi connectivity index (χ1v) is 6.61. The average molecular weight is 277 g/mol. The maximum Gasteiger partial charge on any atom is 0.307 e. The van der Waals surface area contributed by atoms with Gasteiger partial charge in [-0.1, -0.05) is 12.1 Å². The van der Waals surface area contributed by atoms with Gasteiger partial charge >= 0.3 is 5.97 Å². The number of rotatable bonds is 5. The summed E-state index contributed by atoms with van der Waals surface area (Å²) >= 11 is 0. The third-order valence-corrected chi connectivity index (χ3v) is 3.72. The van der Waals surface area contributed by atoms with Crippen LogP contribution < -0.4 is 10.1 Å². The van der Waals surface area contributed by atoms with Crippen molar-refractivity contribution < 1.29 is 19.4 Å². The van der Waals surface area contributed by atoms with Gasteiger partial charge in [0.25, 0.3) is 0 Å². The van der Waals surface area contributed by atoms with Gasteiger partial charge in [-0.25, -0.2) is 0 Å². The number of hydrogen-bond acceptors (Lipinski definition) is 3. The highest BCUT2D eigenvalue weighted by Gasteiger charge is 2.48. The van der Waals surface area contributed by atoms with Crippen LogP contribution in [0.3, 0.4) is 0 Å². The van der Waals surface area contributed by atoms with E-state index in [-0.39, 0.29) is 17.9 Å². The molecule has 2 N–H and O–H groups in total. The summed E-state index contributed by atoms with van der Waals surface area (Å²) in [4.78, 5) is 22.7. The summed E-state index contributed by atoms with van der Waals surface area (Å²) in [5.41, 5.74) is 1.98. The number of aliphatic carboxylic acids is 1. The van der Waals surface area contributed by atoms with Crippen LogP contribution in [0.15, 0.2) is 18.2 Å². The Balaban J connectivity index is 1.98. The van der Waals surface area contributed by atoms with Crippen LogP contribution >= 0.6 is 0 Å². The molecule has 1 fully saturated rings. The van der Waals surface area contributed by atoms with Crippen molar-refractivity contribution in [3.8, 4) is 5.75 Å². The molecule has 5 heteroatoms. The van der Waals surface area contributed by atoms with Crippen LogP contribution in [-0.2, 0) is 9.59 Å².